The van der Waals surface area contributed by atoms with Crippen LogP contribution in [0.2, 0.25) is 0 Å². The zero-order chi connectivity index (χ0) is 10.8. The van der Waals surface area contributed by atoms with Gasteiger partial charge in [0.1, 0.15) is 5.75 Å². The molecule has 0 atom stereocenters. The maximum Gasteiger partial charge on any atom is 0.117 e. The molecule has 80 valence electrons. The molecular weight excluding hydrogens is 190 g/mol. The average molecular weight is 205 g/mol. The molecule has 0 bridgehead atoms. The zero-order valence-electron chi connectivity index (χ0n) is 9.03. The lowest BCUT2D eigenvalue weighted by atomic mass is 10.2. The fraction of sp³-hybridized carbons (Fsp3) is 0.333. The fourth-order valence-corrected chi connectivity index (χ4v) is 1.94. The first-order valence-corrected chi connectivity index (χ1v) is 5.06. The molecule has 0 saturated heterocycles. The summed E-state index contributed by atoms with van der Waals surface area (Å²) in [5.41, 5.74) is 2.20. The number of aromatic nitrogens is 1. The van der Waals surface area contributed by atoms with Crippen molar-refractivity contribution in [2.45, 2.75) is 20.1 Å². The van der Waals surface area contributed by atoms with E-state index >= 15 is 0 Å². The molecule has 15 heavy (non-hydrogen) atoms. The summed E-state index contributed by atoms with van der Waals surface area (Å²) in [6, 6.07) is 7.52. The second-order valence-electron chi connectivity index (χ2n) is 3.56. The van der Waals surface area contributed by atoms with Gasteiger partial charge in [0, 0.05) is 30.8 Å². The summed E-state index contributed by atoms with van der Waals surface area (Å²) in [6.07, 6.45) is 0. The van der Waals surface area contributed by atoms with Crippen molar-refractivity contribution < 1.29 is 9.84 Å². The van der Waals surface area contributed by atoms with E-state index in [1.807, 2.05) is 6.07 Å². The van der Waals surface area contributed by atoms with Gasteiger partial charge < -0.3 is 14.4 Å². The van der Waals surface area contributed by atoms with Crippen LogP contribution in [-0.2, 0) is 17.9 Å². The molecule has 2 aromatic rings. The van der Waals surface area contributed by atoms with Crippen molar-refractivity contribution in [3.63, 3.8) is 0 Å². The number of methoxy groups -OCH3 is 1. The van der Waals surface area contributed by atoms with Gasteiger partial charge in [-0.15, -0.1) is 0 Å². The van der Waals surface area contributed by atoms with Crippen LogP contribution in [0, 0.1) is 0 Å². The Balaban J connectivity index is 2.63. The number of rotatable bonds is 3. The van der Waals surface area contributed by atoms with Crippen molar-refractivity contribution in [2.75, 3.05) is 7.11 Å². The largest absolute Gasteiger partial charge is 0.508 e. The molecule has 0 aliphatic rings. The molecule has 0 unspecified atom stereocenters. The van der Waals surface area contributed by atoms with E-state index in [-0.39, 0.29) is 0 Å². The van der Waals surface area contributed by atoms with E-state index in [1.165, 1.54) is 0 Å². The van der Waals surface area contributed by atoms with Crippen LogP contribution in [0.4, 0.5) is 0 Å². The van der Waals surface area contributed by atoms with Crippen molar-refractivity contribution in [1.82, 2.24) is 4.57 Å². The quantitative estimate of drug-likeness (QED) is 0.835. The number of fused-ring (bicyclic) bond motifs is 1. The van der Waals surface area contributed by atoms with Gasteiger partial charge in [0.15, 0.2) is 0 Å². The predicted octanol–water partition coefficient (Wildman–Crippen LogP) is 2.51. The number of ether oxygens (including phenoxy) is 1. The maximum absolute atomic E-state index is 9.44. The highest BCUT2D eigenvalue weighted by Crippen LogP contribution is 2.24. The van der Waals surface area contributed by atoms with Gasteiger partial charge in [-0.1, -0.05) is 0 Å². The first-order chi connectivity index (χ1) is 7.26. The molecule has 1 heterocycles. The molecule has 0 saturated carbocycles. The lowest BCUT2D eigenvalue weighted by Gasteiger charge is -2.06. The molecule has 0 radical (unpaired) electrons. The minimum Gasteiger partial charge on any atom is -0.508 e. The summed E-state index contributed by atoms with van der Waals surface area (Å²) in [6.45, 7) is 3.57. The molecule has 0 fully saturated rings. The number of hydrogen-bond donors (Lipinski definition) is 1. The van der Waals surface area contributed by atoms with Gasteiger partial charge in [0.2, 0.25) is 0 Å². The Bertz CT molecular complexity index is 474. The van der Waals surface area contributed by atoms with Crippen LogP contribution in [0.25, 0.3) is 10.9 Å². The molecule has 0 spiro atoms. The highest BCUT2D eigenvalue weighted by atomic mass is 16.5. The van der Waals surface area contributed by atoms with Gasteiger partial charge in [0.25, 0.3) is 0 Å². The van der Waals surface area contributed by atoms with Gasteiger partial charge in [0.05, 0.1) is 12.1 Å². The number of aryl methyl sites for hydroxylation is 1. The van der Waals surface area contributed by atoms with Crippen molar-refractivity contribution in [2.24, 2.45) is 0 Å². The molecule has 1 aromatic carbocycles. The fourth-order valence-electron chi connectivity index (χ4n) is 1.94. The Morgan fingerprint density at radius 3 is 2.80 bits per heavy atom. The molecule has 3 nitrogen and oxygen atoms in total. The Morgan fingerprint density at radius 2 is 2.13 bits per heavy atom. The van der Waals surface area contributed by atoms with Crippen LogP contribution >= 0.6 is 0 Å². The standard InChI is InChI=1S/C12H15NO2/c1-3-13-10(8-15-2)6-9-4-5-11(14)7-12(9)13/h4-7,14H,3,8H2,1-2H3. The van der Waals surface area contributed by atoms with Crippen molar-refractivity contribution >= 4 is 10.9 Å². The summed E-state index contributed by atoms with van der Waals surface area (Å²) in [5, 5.41) is 10.6. The summed E-state index contributed by atoms with van der Waals surface area (Å²) >= 11 is 0. The number of phenolic OH excluding ortho intramolecular Hbond substituents is 1. The Hall–Kier alpha value is -1.48. The third kappa shape index (κ3) is 1.70. The lowest BCUT2D eigenvalue weighted by molar-refractivity contribution is 0.178. The van der Waals surface area contributed by atoms with E-state index in [1.54, 1.807) is 19.2 Å². The summed E-state index contributed by atoms with van der Waals surface area (Å²) in [5.74, 6) is 0.305. The van der Waals surface area contributed by atoms with Gasteiger partial charge in [-0.3, -0.25) is 0 Å². The van der Waals surface area contributed by atoms with E-state index in [9.17, 15) is 5.11 Å². The second-order valence-corrected chi connectivity index (χ2v) is 3.56. The maximum atomic E-state index is 9.44. The SMILES string of the molecule is CCn1c(COC)cc2ccc(O)cc21. The van der Waals surface area contributed by atoms with E-state index in [0.29, 0.717) is 12.4 Å². The molecule has 1 aromatic heterocycles. The molecule has 0 amide bonds. The van der Waals surface area contributed by atoms with Crippen molar-refractivity contribution in [1.29, 1.82) is 0 Å². The number of hydrogen-bond acceptors (Lipinski definition) is 2. The Morgan fingerprint density at radius 1 is 1.33 bits per heavy atom. The minimum absolute atomic E-state index is 0.305. The minimum atomic E-state index is 0.305. The molecule has 3 heteroatoms. The Kier molecular flexibility index (Phi) is 2.64. The van der Waals surface area contributed by atoms with Crippen LogP contribution in [0.3, 0.4) is 0 Å². The smallest absolute Gasteiger partial charge is 0.117 e. The van der Waals surface area contributed by atoms with Gasteiger partial charge >= 0.3 is 0 Å². The first kappa shape index (κ1) is 10.1. The molecule has 0 aliphatic heterocycles. The monoisotopic (exact) mass is 205 g/mol. The highest BCUT2D eigenvalue weighted by molar-refractivity contribution is 5.82. The van der Waals surface area contributed by atoms with Crippen LogP contribution in [0.1, 0.15) is 12.6 Å². The Labute approximate surface area is 88.9 Å². The van der Waals surface area contributed by atoms with E-state index in [4.69, 9.17) is 4.74 Å². The molecule has 2 rings (SSSR count). The number of aromatic hydroxyl groups is 1. The van der Waals surface area contributed by atoms with E-state index in [0.717, 1.165) is 23.1 Å². The predicted molar refractivity (Wildman–Crippen MR) is 60.0 cm³/mol. The number of benzene rings is 1. The van der Waals surface area contributed by atoms with Gasteiger partial charge in [-0.25, -0.2) is 0 Å². The van der Waals surface area contributed by atoms with Gasteiger partial charge in [-0.05, 0) is 25.1 Å². The highest BCUT2D eigenvalue weighted by Gasteiger charge is 2.07. The molecule has 1 N–H and O–H groups in total. The van der Waals surface area contributed by atoms with Gasteiger partial charge in [-0.2, -0.15) is 0 Å². The average Bonchev–Trinajstić information content (AvgIpc) is 2.55. The van der Waals surface area contributed by atoms with Crippen molar-refractivity contribution in [3.05, 3.63) is 30.0 Å². The first-order valence-electron chi connectivity index (χ1n) is 5.06. The number of phenols is 1. The topological polar surface area (TPSA) is 34.4 Å². The zero-order valence-corrected chi connectivity index (χ0v) is 9.03. The molecule has 0 aliphatic carbocycles. The van der Waals surface area contributed by atoms with Crippen LogP contribution in [-0.4, -0.2) is 16.8 Å². The normalized spacial score (nSPS) is 11.1. The van der Waals surface area contributed by atoms with Crippen LogP contribution in [0.5, 0.6) is 5.75 Å². The third-order valence-electron chi connectivity index (χ3n) is 2.58. The van der Waals surface area contributed by atoms with Crippen molar-refractivity contribution in [3.8, 4) is 5.75 Å². The second kappa shape index (κ2) is 3.95. The summed E-state index contributed by atoms with van der Waals surface area (Å²) in [4.78, 5) is 0. The third-order valence-corrected chi connectivity index (χ3v) is 2.58. The van der Waals surface area contributed by atoms with E-state index in [2.05, 4.69) is 17.6 Å². The summed E-state index contributed by atoms with van der Waals surface area (Å²) in [7, 11) is 1.69. The summed E-state index contributed by atoms with van der Waals surface area (Å²) < 4.78 is 7.30. The number of nitrogens with zero attached hydrogens (tertiary/aromatic N) is 1. The van der Waals surface area contributed by atoms with Crippen LogP contribution < -0.4 is 0 Å². The van der Waals surface area contributed by atoms with Crippen LogP contribution in [0.15, 0.2) is 24.3 Å². The molecular formula is C12H15NO2. The lowest BCUT2D eigenvalue weighted by Crippen LogP contribution is -2.00. The van der Waals surface area contributed by atoms with E-state index < -0.39 is 0 Å².